The molecule has 0 saturated carbocycles. The van der Waals surface area contributed by atoms with Crippen molar-refractivity contribution in [3.05, 3.63) is 58.6 Å². The molecule has 0 atom stereocenters. The Labute approximate surface area is 99.6 Å². The number of halogens is 2. The van der Waals surface area contributed by atoms with Crippen LogP contribution in [0.4, 0.5) is 8.78 Å². The lowest BCUT2D eigenvalue weighted by Gasteiger charge is -1.86. The van der Waals surface area contributed by atoms with Gasteiger partial charge in [-0.3, -0.25) is 0 Å². The van der Waals surface area contributed by atoms with Crippen molar-refractivity contribution in [3.63, 3.8) is 0 Å². The molecule has 0 unspecified atom stereocenters. The molecule has 0 bridgehead atoms. The van der Waals surface area contributed by atoms with Crippen LogP contribution in [0, 0.1) is 6.92 Å². The van der Waals surface area contributed by atoms with E-state index in [4.69, 9.17) is 0 Å². The number of rotatable bonds is 3. The normalized spacial score (nSPS) is 11.8. The second-order valence-corrected chi connectivity index (χ2v) is 4.28. The fourth-order valence-corrected chi connectivity index (χ4v) is 1.22. The predicted molar refractivity (Wildman–Crippen MR) is 68.2 cm³/mol. The van der Waals surface area contributed by atoms with Crippen LogP contribution in [0.25, 0.3) is 0 Å². The standard InChI is InChI=1S/C8H10F2.C5H6S/c1-3-8(10)5-4-7(2)6-9;1-5-3-2-4-6-5/h3-5H,1,6H2,2H3;2-4H,1H3/b7-4+,8-5+;. The van der Waals surface area contributed by atoms with E-state index in [1.807, 2.05) is 0 Å². The molecule has 0 saturated heterocycles. The van der Waals surface area contributed by atoms with Crippen LogP contribution < -0.4 is 0 Å². The number of hydrogen-bond donors (Lipinski definition) is 0. The molecule has 0 nitrogen and oxygen atoms in total. The highest BCUT2D eigenvalue weighted by Crippen LogP contribution is 2.03. The van der Waals surface area contributed by atoms with Crippen molar-refractivity contribution in [2.24, 2.45) is 0 Å². The van der Waals surface area contributed by atoms with Crippen molar-refractivity contribution < 1.29 is 8.78 Å². The van der Waals surface area contributed by atoms with Gasteiger partial charge in [-0.05, 0) is 43.0 Å². The molecule has 1 heterocycles. The number of hydrogen-bond acceptors (Lipinski definition) is 1. The average Bonchev–Trinajstić information content (AvgIpc) is 2.77. The minimum Gasteiger partial charge on any atom is -0.246 e. The molecular formula is C13H16F2S. The van der Waals surface area contributed by atoms with Gasteiger partial charge >= 0.3 is 0 Å². The first kappa shape index (κ1) is 14.8. The Kier molecular flexibility index (Phi) is 8.35. The van der Waals surface area contributed by atoms with Gasteiger partial charge in [0.2, 0.25) is 0 Å². The van der Waals surface area contributed by atoms with Crippen LogP contribution >= 0.6 is 11.3 Å². The van der Waals surface area contributed by atoms with E-state index in [1.54, 1.807) is 18.3 Å². The third-order valence-electron chi connectivity index (χ3n) is 1.60. The Bertz CT molecular complexity index is 348. The minimum atomic E-state index is -0.541. The Morgan fingerprint density at radius 1 is 1.50 bits per heavy atom. The fraction of sp³-hybridized carbons (Fsp3) is 0.231. The monoisotopic (exact) mass is 242 g/mol. The first-order valence-corrected chi connectivity index (χ1v) is 5.69. The van der Waals surface area contributed by atoms with Crippen LogP contribution in [0.5, 0.6) is 0 Å². The molecule has 0 fully saturated rings. The molecule has 3 heteroatoms. The molecule has 1 rings (SSSR count). The van der Waals surface area contributed by atoms with Crippen molar-refractivity contribution >= 4 is 11.3 Å². The van der Waals surface area contributed by atoms with Gasteiger partial charge in [0.05, 0.1) is 0 Å². The van der Waals surface area contributed by atoms with E-state index in [2.05, 4.69) is 31.0 Å². The molecule has 16 heavy (non-hydrogen) atoms. The van der Waals surface area contributed by atoms with E-state index < -0.39 is 12.5 Å². The molecule has 0 radical (unpaired) electrons. The van der Waals surface area contributed by atoms with Crippen LogP contribution in [-0.4, -0.2) is 6.67 Å². The van der Waals surface area contributed by atoms with E-state index in [1.165, 1.54) is 17.0 Å². The number of thiophene rings is 1. The summed E-state index contributed by atoms with van der Waals surface area (Å²) < 4.78 is 23.9. The number of alkyl halides is 1. The van der Waals surface area contributed by atoms with Gasteiger partial charge in [-0.2, -0.15) is 0 Å². The average molecular weight is 242 g/mol. The lowest BCUT2D eigenvalue weighted by Crippen LogP contribution is -1.74. The lowest BCUT2D eigenvalue weighted by molar-refractivity contribution is 0.543. The maximum Gasteiger partial charge on any atom is 0.122 e. The highest BCUT2D eigenvalue weighted by atomic mass is 32.1. The van der Waals surface area contributed by atoms with Crippen molar-refractivity contribution in [3.8, 4) is 0 Å². The summed E-state index contributed by atoms with van der Waals surface area (Å²) in [6.07, 6.45) is 3.64. The minimum absolute atomic E-state index is 0.451. The van der Waals surface area contributed by atoms with Crippen LogP contribution in [0.2, 0.25) is 0 Å². The zero-order valence-corrected chi connectivity index (χ0v) is 10.4. The van der Waals surface area contributed by atoms with Gasteiger partial charge in [-0.25, -0.2) is 8.78 Å². The Morgan fingerprint density at radius 2 is 2.19 bits per heavy atom. The Morgan fingerprint density at radius 3 is 2.50 bits per heavy atom. The first-order valence-electron chi connectivity index (χ1n) is 4.81. The van der Waals surface area contributed by atoms with E-state index in [9.17, 15) is 8.78 Å². The Hall–Kier alpha value is -1.22. The summed E-state index contributed by atoms with van der Waals surface area (Å²) in [5.74, 6) is -0.451. The van der Waals surface area contributed by atoms with Crippen molar-refractivity contribution in [1.29, 1.82) is 0 Å². The highest BCUT2D eigenvalue weighted by Gasteiger charge is 1.84. The maximum atomic E-state index is 12.2. The molecule has 0 N–H and O–H groups in total. The Balaban J connectivity index is 0.000000315. The first-order chi connectivity index (χ1) is 7.60. The molecule has 0 amide bonds. The van der Waals surface area contributed by atoms with Crippen LogP contribution in [0.1, 0.15) is 11.8 Å². The molecule has 1 aromatic heterocycles. The SMILES string of the molecule is C=C/C(F)=C\C=C(/C)CF.Cc1cccs1. The summed E-state index contributed by atoms with van der Waals surface area (Å²) >= 11 is 1.78. The van der Waals surface area contributed by atoms with E-state index >= 15 is 0 Å². The zero-order chi connectivity index (χ0) is 12.4. The summed E-state index contributed by atoms with van der Waals surface area (Å²) in [6, 6.07) is 4.16. The maximum absolute atomic E-state index is 12.2. The summed E-state index contributed by atoms with van der Waals surface area (Å²) in [6.45, 7) is 6.35. The molecular weight excluding hydrogens is 226 g/mol. The molecule has 0 spiro atoms. The third kappa shape index (κ3) is 8.12. The van der Waals surface area contributed by atoms with Crippen LogP contribution in [0.3, 0.4) is 0 Å². The topological polar surface area (TPSA) is 0 Å². The van der Waals surface area contributed by atoms with Gasteiger partial charge in [-0.1, -0.05) is 18.7 Å². The largest absolute Gasteiger partial charge is 0.246 e. The van der Waals surface area contributed by atoms with E-state index in [0.29, 0.717) is 5.57 Å². The molecule has 0 aliphatic carbocycles. The van der Waals surface area contributed by atoms with Gasteiger partial charge in [0.1, 0.15) is 12.5 Å². The molecule has 0 aromatic carbocycles. The molecule has 1 aromatic rings. The molecule has 0 aliphatic rings. The van der Waals surface area contributed by atoms with Crippen molar-refractivity contribution in [2.45, 2.75) is 13.8 Å². The highest BCUT2D eigenvalue weighted by molar-refractivity contribution is 7.09. The van der Waals surface area contributed by atoms with Gasteiger partial charge in [-0.15, -0.1) is 11.3 Å². The van der Waals surface area contributed by atoms with Gasteiger partial charge in [0.15, 0.2) is 0 Å². The van der Waals surface area contributed by atoms with Crippen molar-refractivity contribution in [2.75, 3.05) is 6.67 Å². The van der Waals surface area contributed by atoms with Gasteiger partial charge in [0, 0.05) is 4.88 Å². The fourth-order valence-electron chi connectivity index (χ4n) is 0.695. The summed E-state index contributed by atoms with van der Waals surface area (Å²) in [7, 11) is 0. The van der Waals surface area contributed by atoms with Crippen LogP contribution in [0.15, 0.2) is 53.7 Å². The smallest absolute Gasteiger partial charge is 0.122 e. The predicted octanol–water partition coefficient (Wildman–Crippen LogP) is 5.00. The lowest BCUT2D eigenvalue weighted by atomic mass is 10.3. The van der Waals surface area contributed by atoms with Crippen LogP contribution in [-0.2, 0) is 0 Å². The van der Waals surface area contributed by atoms with Gasteiger partial charge in [0.25, 0.3) is 0 Å². The molecule has 0 aliphatic heterocycles. The third-order valence-corrected chi connectivity index (χ3v) is 2.40. The zero-order valence-electron chi connectivity index (χ0n) is 9.54. The summed E-state index contributed by atoms with van der Waals surface area (Å²) in [5.41, 5.74) is 0.497. The summed E-state index contributed by atoms with van der Waals surface area (Å²) in [5, 5.41) is 2.08. The number of aryl methyl sites for hydroxylation is 1. The van der Waals surface area contributed by atoms with E-state index in [-0.39, 0.29) is 0 Å². The second-order valence-electron chi connectivity index (χ2n) is 3.13. The van der Waals surface area contributed by atoms with Crippen molar-refractivity contribution in [1.82, 2.24) is 0 Å². The van der Waals surface area contributed by atoms with E-state index in [0.717, 1.165) is 6.08 Å². The van der Waals surface area contributed by atoms with Gasteiger partial charge < -0.3 is 0 Å². The quantitative estimate of drug-likeness (QED) is 0.654. The number of allylic oxidation sites excluding steroid dienone is 5. The molecule has 88 valence electrons. The summed E-state index contributed by atoms with van der Waals surface area (Å²) in [4.78, 5) is 1.38. The second kappa shape index (κ2) is 9.04.